The van der Waals surface area contributed by atoms with Crippen molar-refractivity contribution < 1.29 is 8.42 Å². The third-order valence-corrected chi connectivity index (χ3v) is 5.54. The topological polar surface area (TPSA) is 88.3 Å². The van der Waals surface area contributed by atoms with Gasteiger partial charge in [-0.15, -0.1) is 0 Å². The van der Waals surface area contributed by atoms with Crippen LogP contribution in [-0.4, -0.2) is 43.5 Å². The van der Waals surface area contributed by atoms with Crippen molar-refractivity contribution in [1.82, 2.24) is 14.6 Å². The van der Waals surface area contributed by atoms with Gasteiger partial charge in [0.15, 0.2) is 0 Å². The molecule has 2 aliphatic rings. The third kappa shape index (κ3) is 2.33. The molecule has 0 spiro atoms. The summed E-state index contributed by atoms with van der Waals surface area (Å²) in [6.07, 6.45) is 4.57. The van der Waals surface area contributed by atoms with Gasteiger partial charge in [-0.2, -0.15) is 0 Å². The van der Waals surface area contributed by atoms with Crippen LogP contribution in [0.5, 0.6) is 0 Å². The van der Waals surface area contributed by atoms with Crippen molar-refractivity contribution in [3.8, 4) is 0 Å². The predicted octanol–water partition coefficient (Wildman–Crippen LogP) is 0.179. The molecular formula is C12H18N4O2S. The Hall–Kier alpha value is -1.18. The first kappa shape index (κ1) is 12.8. The highest BCUT2D eigenvalue weighted by molar-refractivity contribution is 7.89. The van der Waals surface area contributed by atoms with E-state index < -0.39 is 10.0 Å². The Morgan fingerprint density at radius 3 is 3.00 bits per heavy atom. The molecule has 104 valence electrons. The van der Waals surface area contributed by atoms with Crippen LogP contribution in [0.25, 0.3) is 0 Å². The molecule has 1 aromatic rings. The number of anilines is 1. The third-order valence-electron chi connectivity index (χ3n) is 4.00. The summed E-state index contributed by atoms with van der Waals surface area (Å²) in [5.41, 5.74) is 5.65. The van der Waals surface area contributed by atoms with E-state index in [9.17, 15) is 8.42 Å². The number of nitrogens with two attached hydrogens (primary N) is 1. The number of rotatable bonds is 3. The second-order valence-corrected chi connectivity index (χ2v) is 6.83. The summed E-state index contributed by atoms with van der Waals surface area (Å²) < 4.78 is 27.5. The second kappa shape index (κ2) is 4.73. The Bertz CT molecular complexity index is 575. The zero-order valence-electron chi connectivity index (χ0n) is 10.6. The molecule has 2 saturated heterocycles. The van der Waals surface area contributed by atoms with Crippen LogP contribution in [0.3, 0.4) is 0 Å². The molecule has 7 heteroatoms. The Kier molecular flexibility index (Phi) is 3.20. The fourth-order valence-corrected chi connectivity index (χ4v) is 4.50. The summed E-state index contributed by atoms with van der Waals surface area (Å²) in [5, 5.41) is 0. The van der Waals surface area contributed by atoms with E-state index >= 15 is 0 Å². The van der Waals surface area contributed by atoms with Gasteiger partial charge in [-0.3, -0.25) is 4.90 Å². The van der Waals surface area contributed by atoms with Crippen LogP contribution in [0, 0.1) is 0 Å². The standard InChI is InChI=1S/C12H18N4O2S/c13-12-11(4-1-6-14-12)19(17,18)15-9-5-8-16-7-2-3-10(9)16/h1,4,6,9-10,15H,2-3,5,7-8H2,(H2,13,14). The van der Waals surface area contributed by atoms with Crippen LogP contribution in [0.2, 0.25) is 0 Å². The largest absolute Gasteiger partial charge is 0.383 e. The predicted molar refractivity (Wildman–Crippen MR) is 72.0 cm³/mol. The lowest BCUT2D eigenvalue weighted by Gasteiger charge is -2.21. The maximum Gasteiger partial charge on any atom is 0.244 e. The lowest BCUT2D eigenvalue weighted by Crippen LogP contribution is -2.42. The number of nitrogens with one attached hydrogen (secondary N) is 1. The minimum atomic E-state index is -3.58. The fourth-order valence-electron chi connectivity index (χ4n) is 3.11. The summed E-state index contributed by atoms with van der Waals surface area (Å²) in [5.74, 6) is 0.0521. The number of sulfonamides is 1. The molecule has 3 heterocycles. The highest BCUT2D eigenvalue weighted by atomic mass is 32.2. The zero-order chi connectivity index (χ0) is 13.5. The molecule has 2 unspecified atom stereocenters. The minimum Gasteiger partial charge on any atom is -0.383 e. The lowest BCUT2D eigenvalue weighted by molar-refractivity contribution is 0.309. The highest BCUT2D eigenvalue weighted by Gasteiger charge is 2.39. The molecule has 1 aromatic heterocycles. The number of nitrogen functional groups attached to an aromatic ring is 1. The van der Waals surface area contributed by atoms with Gasteiger partial charge >= 0.3 is 0 Å². The van der Waals surface area contributed by atoms with Crippen molar-refractivity contribution >= 4 is 15.8 Å². The van der Waals surface area contributed by atoms with E-state index in [1.165, 1.54) is 12.3 Å². The van der Waals surface area contributed by atoms with Gasteiger partial charge in [-0.05, 0) is 37.9 Å². The summed E-state index contributed by atoms with van der Waals surface area (Å²) in [7, 11) is -3.58. The molecule has 19 heavy (non-hydrogen) atoms. The normalized spacial score (nSPS) is 27.6. The van der Waals surface area contributed by atoms with Crippen LogP contribution in [0.1, 0.15) is 19.3 Å². The van der Waals surface area contributed by atoms with Crippen molar-refractivity contribution in [3.63, 3.8) is 0 Å². The molecular weight excluding hydrogens is 264 g/mol. The summed E-state index contributed by atoms with van der Waals surface area (Å²) in [4.78, 5) is 6.27. The van der Waals surface area contributed by atoms with Crippen molar-refractivity contribution in [2.75, 3.05) is 18.8 Å². The van der Waals surface area contributed by atoms with E-state index in [2.05, 4.69) is 14.6 Å². The van der Waals surface area contributed by atoms with Crippen LogP contribution >= 0.6 is 0 Å². The van der Waals surface area contributed by atoms with Gasteiger partial charge in [-0.25, -0.2) is 18.1 Å². The second-order valence-electron chi connectivity index (χ2n) is 5.15. The van der Waals surface area contributed by atoms with E-state index in [-0.39, 0.29) is 16.8 Å². The first-order chi connectivity index (χ1) is 9.08. The molecule has 2 fully saturated rings. The number of nitrogens with zero attached hydrogens (tertiary/aromatic N) is 2. The van der Waals surface area contributed by atoms with E-state index in [0.717, 1.165) is 32.4 Å². The minimum absolute atomic E-state index is 0.00731. The maximum absolute atomic E-state index is 12.3. The molecule has 0 saturated carbocycles. The van der Waals surface area contributed by atoms with Gasteiger partial charge in [0.2, 0.25) is 10.0 Å². The summed E-state index contributed by atoms with van der Waals surface area (Å²) in [6, 6.07) is 3.41. The molecule has 6 nitrogen and oxygen atoms in total. The molecule has 3 N–H and O–H groups in total. The number of fused-ring (bicyclic) bond motifs is 1. The Balaban J connectivity index is 1.81. The van der Waals surface area contributed by atoms with E-state index in [0.29, 0.717) is 6.04 Å². The first-order valence-electron chi connectivity index (χ1n) is 6.55. The van der Waals surface area contributed by atoms with Gasteiger partial charge in [0.1, 0.15) is 10.7 Å². The molecule has 2 atom stereocenters. The van der Waals surface area contributed by atoms with Crippen molar-refractivity contribution in [1.29, 1.82) is 0 Å². The number of hydrogen-bond donors (Lipinski definition) is 2. The quantitative estimate of drug-likeness (QED) is 0.825. The van der Waals surface area contributed by atoms with E-state index in [4.69, 9.17) is 5.73 Å². The number of pyridine rings is 1. The molecule has 0 aliphatic carbocycles. The van der Waals surface area contributed by atoms with Crippen LogP contribution in [0.15, 0.2) is 23.2 Å². The number of hydrogen-bond acceptors (Lipinski definition) is 5. The zero-order valence-corrected chi connectivity index (χ0v) is 11.4. The Morgan fingerprint density at radius 1 is 1.37 bits per heavy atom. The van der Waals surface area contributed by atoms with Crippen molar-refractivity contribution in [2.24, 2.45) is 0 Å². The smallest absolute Gasteiger partial charge is 0.244 e. The molecule has 0 aromatic carbocycles. The summed E-state index contributed by atoms with van der Waals surface area (Å²) in [6.45, 7) is 2.05. The monoisotopic (exact) mass is 282 g/mol. The van der Waals surface area contributed by atoms with Crippen molar-refractivity contribution in [3.05, 3.63) is 18.3 Å². The van der Waals surface area contributed by atoms with Gasteiger partial charge in [-0.1, -0.05) is 0 Å². The van der Waals surface area contributed by atoms with Crippen LogP contribution in [0.4, 0.5) is 5.82 Å². The molecule has 0 amide bonds. The highest BCUT2D eigenvalue weighted by Crippen LogP contribution is 2.29. The van der Waals surface area contributed by atoms with Gasteiger partial charge in [0.25, 0.3) is 0 Å². The van der Waals surface area contributed by atoms with Crippen LogP contribution in [-0.2, 0) is 10.0 Å². The average Bonchev–Trinajstić information content (AvgIpc) is 2.94. The number of aromatic nitrogens is 1. The average molecular weight is 282 g/mol. The Labute approximate surface area is 113 Å². The van der Waals surface area contributed by atoms with E-state index in [1.54, 1.807) is 6.07 Å². The van der Waals surface area contributed by atoms with Gasteiger partial charge in [0.05, 0.1) is 0 Å². The lowest BCUT2D eigenvalue weighted by atomic mass is 10.1. The van der Waals surface area contributed by atoms with Crippen LogP contribution < -0.4 is 10.5 Å². The van der Waals surface area contributed by atoms with Gasteiger partial charge in [0, 0.05) is 24.8 Å². The maximum atomic E-state index is 12.3. The van der Waals surface area contributed by atoms with Gasteiger partial charge < -0.3 is 5.73 Å². The van der Waals surface area contributed by atoms with E-state index in [1.807, 2.05) is 0 Å². The molecule has 2 aliphatic heterocycles. The van der Waals surface area contributed by atoms with Crippen molar-refractivity contribution in [2.45, 2.75) is 36.2 Å². The molecule has 0 radical (unpaired) electrons. The fraction of sp³-hybridized carbons (Fsp3) is 0.583. The summed E-state index contributed by atoms with van der Waals surface area (Å²) >= 11 is 0. The molecule has 3 rings (SSSR count). The molecule has 0 bridgehead atoms. The Morgan fingerprint density at radius 2 is 2.21 bits per heavy atom. The SMILES string of the molecule is Nc1ncccc1S(=O)(=O)NC1CCN2CCCC12. The first-order valence-corrected chi connectivity index (χ1v) is 8.03.